The zero-order valence-electron chi connectivity index (χ0n) is 10.1. The highest BCUT2D eigenvalue weighted by atomic mass is 35.5. The Hall–Kier alpha value is -2.27. The fourth-order valence-corrected chi connectivity index (χ4v) is 2.19. The highest BCUT2D eigenvalue weighted by molar-refractivity contribution is 6.30. The molecule has 0 saturated heterocycles. The summed E-state index contributed by atoms with van der Waals surface area (Å²) in [5, 5.41) is 7.15. The number of fused-ring (bicyclic) bond motifs is 1. The fourth-order valence-electron chi connectivity index (χ4n) is 2.02. The lowest BCUT2D eigenvalue weighted by atomic mass is 10.1. The molecule has 0 aliphatic rings. The Morgan fingerprint density at radius 1 is 1.37 bits per heavy atom. The molecule has 1 aromatic carbocycles. The number of rotatable bonds is 2. The predicted octanol–water partition coefficient (Wildman–Crippen LogP) is 2.35. The van der Waals surface area contributed by atoms with Gasteiger partial charge in [-0.1, -0.05) is 11.6 Å². The van der Waals surface area contributed by atoms with Crippen LogP contribution in [0.2, 0.25) is 5.02 Å². The monoisotopic (exact) mass is 275 g/mol. The van der Waals surface area contributed by atoms with E-state index in [1.807, 2.05) is 12.1 Å². The standard InChI is InChI=1S/C13H10ClN3O2/c1-19-11-7-8(14)4-5-9(11)12-10-3-2-6-17(10)13(18)16-15-12/h2-7H,1H3,(H,16,18). The van der Waals surface area contributed by atoms with Crippen LogP contribution in [0.4, 0.5) is 0 Å². The smallest absolute Gasteiger partial charge is 0.346 e. The van der Waals surface area contributed by atoms with Crippen LogP contribution in [-0.2, 0) is 0 Å². The second-order valence-corrected chi connectivity index (χ2v) is 4.42. The minimum atomic E-state index is -0.281. The summed E-state index contributed by atoms with van der Waals surface area (Å²) in [6.45, 7) is 0. The first-order chi connectivity index (χ1) is 9.20. The first kappa shape index (κ1) is 11.8. The number of aromatic amines is 1. The molecule has 0 saturated carbocycles. The summed E-state index contributed by atoms with van der Waals surface area (Å²) in [5.74, 6) is 0.607. The van der Waals surface area contributed by atoms with Crippen LogP contribution in [0.3, 0.4) is 0 Å². The summed E-state index contributed by atoms with van der Waals surface area (Å²) in [5.41, 5.74) is 1.84. The van der Waals surface area contributed by atoms with E-state index in [9.17, 15) is 4.79 Å². The first-order valence-electron chi connectivity index (χ1n) is 5.60. The zero-order chi connectivity index (χ0) is 13.4. The van der Waals surface area contributed by atoms with Crippen molar-refractivity contribution in [3.63, 3.8) is 0 Å². The van der Waals surface area contributed by atoms with E-state index in [0.717, 1.165) is 5.56 Å². The molecule has 19 heavy (non-hydrogen) atoms. The molecular formula is C13H10ClN3O2. The number of nitrogens with one attached hydrogen (secondary N) is 1. The van der Waals surface area contributed by atoms with Crippen molar-refractivity contribution in [2.75, 3.05) is 7.11 Å². The Kier molecular flexibility index (Phi) is 2.76. The number of methoxy groups -OCH3 is 1. The molecule has 3 rings (SSSR count). The summed E-state index contributed by atoms with van der Waals surface area (Å²) < 4.78 is 6.81. The van der Waals surface area contributed by atoms with Crippen molar-refractivity contribution < 1.29 is 4.74 Å². The SMILES string of the molecule is COc1cc(Cl)ccc1-c1n[nH]c(=O)n2cccc12. The van der Waals surface area contributed by atoms with Gasteiger partial charge in [-0.15, -0.1) is 0 Å². The molecular weight excluding hydrogens is 266 g/mol. The average Bonchev–Trinajstić information content (AvgIpc) is 2.90. The van der Waals surface area contributed by atoms with E-state index in [-0.39, 0.29) is 5.69 Å². The van der Waals surface area contributed by atoms with Crippen LogP contribution in [0.5, 0.6) is 5.75 Å². The van der Waals surface area contributed by atoms with Crippen molar-refractivity contribution in [2.45, 2.75) is 0 Å². The van der Waals surface area contributed by atoms with E-state index >= 15 is 0 Å². The molecule has 0 radical (unpaired) electrons. The molecule has 0 bridgehead atoms. The number of ether oxygens (including phenoxy) is 1. The van der Waals surface area contributed by atoms with Crippen molar-refractivity contribution in [3.05, 3.63) is 52.0 Å². The fraction of sp³-hybridized carbons (Fsp3) is 0.0769. The van der Waals surface area contributed by atoms with Gasteiger partial charge in [-0.05, 0) is 30.3 Å². The van der Waals surface area contributed by atoms with E-state index in [1.54, 1.807) is 31.5 Å². The third kappa shape index (κ3) is 1.88. The molecule has 0 fully saturated rings. The Labute approximate surface area is 113 Å². The zero-order valence-corrected chi connectivity index (χ0v) is 10.8. The van der Waals surface area contributed by atoms with Crippen LogP contribution in [0.15, 0.2) is 41.3 Å². The van der Waals surface area contributed by atoms with Crippen LogP contribution in [0.25, 0.3) is 16.8 Å². The molecule has 2 aromatic heterocycles. The largest absolute Gasteiger partial charge is 0.496 e. The second-order valence-electron chi connectivity index (χ2n) is 3.99. The average molecular weight is 276 g/mol. The molecule has 0 aliphatic heterocycles. The Bertz CT molecular complexity index is 807. The quantitative estimate of drug-likeness (QED) is 0.781. The number of benzene rings is 1. The third-order valence-electron chi connectivity index (χ3n) is 2.89. The van der Waals surface area contributed by atoms with Crippen LogP contribution >= 0.6 is 11.6 Å². The summed E-state index contributed by atoms with van der Waals surface area (Å²) in [6.07, 6.45) is 1.68. The molecule has 96 valence electrons. The summed E-state index contributed by atoms with van der Waals surface area (Å²) in [4.78, 5) is 11.6. The summed E-state index contributed by atoms with van der Waals surface area (Å²) >= 11 is 5.94. The number of nitrogens with zero attached hydrogens (tertiary/aromatic N) is 2. The van der Waals surface area contributed by atoms with E-state index in [4.69, 9.17) is 16.3 Å². The Morgan fingerprint density at radius 2 is 2.21 bits per heavy atom. The van der Waals surface area contributed by atoms with Gasteiger partial charge in [-0.25, -0.2) is 9.89 Å². The van der Waals surface area contributed by atoms with Gasteiger partial charge in [0.15, 0.2) is 0 Å². The van der Waals surface area contributed by atoms with Crippen molar-refractivity contribution in [3.8, 4) is 17.0 Å². The van der Waals surface area contributed by atoms with Crippen molar-refractivity contribution in [1.29, 1.82) is 0 Å². The molecule has 0 amide bonds. The molecule has 0 spiro atoms. The van der Waals surface area contributed by atoms with E-state index in [1.165, 1.54) is 4.40 Å². The van der Waals surface area contributed by atoms with Gasteiger partial charge in [0.1, 0.15) is 11.4 Å². The molecule has 6 heteroatoms. The van der Waals surface area contributed by atoms with Gasteiger partial charge in [0.25, 0.3) is 0 Å². The van der Waals surface area contributed by atoms with Crippen LogP contribution in [0, 0.1) is 0 Å². The van der Waals surface area contributed by atoms with Gasteiger partial charge < -0.3 is 4.74 Å². The minimum Gasteiger partial charge on any atom is -0.496 e. The first-order valence-corrected chi connectivity index (χ1v) is 5.98. The number of halogens is 1. The molecule has 3 aromatic rings. The number of H-pyrrole nitrogens is 1. The molecule has 0 aliphatic carbocycles. The molecule has 0 atom stereocenters. The normalized spacial score (nSPS) is 10.8. The van der Waals surface area contributed by atoms with Gasteiger partial charge in [0.2, 0.25) is 0 Å². The van der Waals surface area contributed by atoms with E-state index < -0.39 is 0 Å². The third-order valence-corrected chi connectivity index (χ3v) is 3.13. The second kappa shape index (κ2) is 4.44. The van der Waals surface area contributed by atoms with Gasteiger partial charge in [0, 0.05) is 16.8 Å². The van der Waals surface area contributed by atoms with E-state index in [0.29, 0.717) is 22.0 Å². The lowest BCUT2D eigenvalue weighted by molar-refractivity contribution is 0.416. The van der Waals surface area contributed by atoms with Crippen molar-refractivity contribution >= 4 is 17.1 Å². The summed E-state index contributed by atoms with van der Waals surface area (Å²) in [6, 6.07) is 8.90. The maximum absolute atomic E-state index is 11.6. The van der Waals surface area contributed by atoms with Gasteiger partial charge in [0.05, 0.1) is 12.6 Å². The number of hydrogen-bond donors (Lipinski definition) is 1. The lowest BCUT2D eigenvalue weighted by Crippen LogP contribution is -2.17. The highest BCUT2D eigenvalue weighted by Crippen LogP contribution is 2.32. The van der Waals surface area contributed by atoms with Gasteiger partial charge in [-0.3, -0.25) is 4.40 Å². The predicted molar refractivity (Wildman–Crippen MR) is 72.8 cm³/mol. The molecule has 2 heterocycles. The lowest BCUT2D eigenvalue weighted by Gasteiger charge is -2.09. The topological polar surface area (TPSA) is 59.4 Å². The molecule has 1 N–H and O–H groups in total. The van der Waals surface area contributed by atoms with Crippen LogP contribution in [0.1, 0.15) is 0 Å². The number of hydrogen-bond acceptors (Lipinski definition) is 3. The Balaban J connectivity index is 2.33. The van der Waals surface area contributed by atoms with Crippen molar-refractivity contribution in [2.24, 2.45) is 0 Å². The van der Waals surface area contributed by atoms with Gasteiger partial charge >= 0.3 is 5.69 Å². The molecule has 0 unspecified atom stereocenters. The Morgan fingerprint density at radius 3 is 3.00 bits per heavy atom. The maximum Gasteiger partial charge on any atom is 0.346 e. The van der Waals surface area contributed by atoms with Gasteiger partial charge in [-0.2, -0.15) is 5.10 Å². The van der Waals surface area contributed by atoms with Crippen molar-refractivity contribution in [1.82, 2.24) is 14.6 Å². The summed E-state index contributed by atoms with van der Waals surface area (Å²) in [7, 11) is 1.57. The minimum absolute atomic E-state index is 0.281. The van der Waals surface area contributed by atoms with Crippen LogP contribution < -0.4 is 10.4 Å². The highest BCUT2D eigenvalue weighted by Gasteiger charge is 2.13. The van der Waals surface area contributed by atoms with Crippen LogP contribution in [-0.4, -0.2) is 21.7 Å². The van der Waals surface area contributed by atoms with E-state index in [2.05, 4.69) is 10.2 Å². The number of aromatic nitrogens is 3. The maximum atomic E-state index is 11.6. The molecule has 5 nitrogen and oxygen atoms in total.